The van der Waals surface area contributed by atoms with Crippen LogP contribution in [0, 0.1) is 11.8 Å². The Balaban J connectivity index is 1.90. The lowest BCUT2D eigenvalue weighted by atomic mass is 10.0. The fourth-order valence-electron chi connectivity index (χ4n) is 3.27. The second-order valence-electron chi connectivity index (χ2n) is 6.44. The number of benzene rings is 2. The third-order valence-corrected chi connectivity index (χ3v) is 4.65. The van der Waals surface area contributed by atoms with Crippen LogP contribution >= 0.6 is 0 Å². The van der Waals surface area contributed by atoms with Crippen molar-refractivity contribution in [3.8, 4) is 23.5 Å². The number of rotatable bonds is 3. The van der Waals surface area contributed by atoms with Gasteiger partial charge in [-0.1, -0.05) is 49.1 Å². The Morgan fingerprint density at radius 1 is 1.00 bits per heavy atom. The van der Waals surface area contributed by atoms with Gasteiger partial charge in [-0.15, -0.1) is 0 Å². The molecule has 0 fully saturated rings. The molecule has 2 aromatic heterocycles. The van der Waals surface area contributed by atoms with E-state index in [0.717, 1.165) is 23.2 Å². The Kier molecular flexibility index (Phi) is 5.08. The van der Waals surface area contributed by atoms with Crippen LogP contribution in [0.2, 0.25) is 0 Å². The Morgan fingerprint density at radius 3 is 2.45 bits per heavy atom. The number of methoxy groups -OCH3 is 1. The van der Waals surface area contributed by atoms with Crippen molar-refractivity contribution < 1.29 is 4.74 Å². The van der Waals surface area contributed by atoms with E-state index in [-0.39, 0.29) is 5.56 Å². The molecule has 0 atom stereocenters. The average Bonchev–Trinajstić information content (AvgIpc) is 2.78. The highest BCUT2D eigenvalue weighted by molar-refractivity contribution is 5.88. The van der Waals surface area contributed by atoms with Crippen molar-refractivity contribution in [1.29, 1.82) is 0 Å². The molecule has 0 amide bonds. The third kappa shape index (κ3) is 3.61. The summed E-state index contributed by atoms with van der Waals surface area (Å²) in [6.07, 6.45) is 3.95. The lowest BCUT2D eigenvalue weighted by molar-refractivity contribution is 0.379. The summed E-state index contributed by atoms with van der Waals surface area (Å²) in [4.78, 5) is 21.6. The molecule has 4 aromatic rings. The van der Waals surface area contributed by atoms with Gasteiger partial charge in [-0.2, -0.15) is 0 Å². The van der Waals surface area contributed by atoms with Crippen LogP contribution in [0.4, 0.5) is 0 Å². The normalized spacial score (nSPS) is 10.4. The number of hydrogen-bond acceptors (Lipinski definition) is 4. The van der Waals surface area contributed by atoms with Gasteiger partial charge in [-0.25, -0.2) is 9.97 Å². The van der Waals surface area contributed by atoms with Crippen LogP contribution in [-0.4, -0.2) is 21.6 Å². The molecule has 29 heavy (non-hydrogen) atoms. The number of ether oxygens (including phenoxy) is 1. The van der Waals surface area contributed by atoms with Crippen LogP contribution in [0.25, 0.3) is 16.5 Å². The maximum atomic E-state index is 13.5. The van der Waals surface area contributed by atoms with Gasteiger partial charge < -0.3 is 4.74 Å². The largest absolute Gasteiger partial charge is 0.467 e. The molecule has 0 aliphatic heterocycles. The maximum Gasteiger partial charge on any atom is 0.316 e. The number of hydrogen-bond donors (Lipinski definition) is 0. The molecule has 0 radical (unpaired) electrons. The molecule has 0 N–H and O–H groups in total. The van der Waals surface area contributed by atoms with Gasteiger partial charge in [0.1, 0.15) is 0 Å². The van der Waals surface area contributed by atoms with E-state index in [0.29, 0.717) is 22.5 Å². The van der Waals surface area contributed by atoms with E-state index in [4.69, 9.17) is 4.74 Å². The van der Waals surface area contributed by atoms with Crippen LogP contribution in [0.3, 0.4) is 0 Å². The van der Waals surface area contributed by atoms with Gasteiger partial charge >= 0.3 is 6.01 Å². The molecule has 5 heteroatoms. The van der Waals surface area contributed by atoms with E-state index in [1.165, 1.54) is 7.11 Å². The van der Waals surface area contributed by atoms with E-state index in [1.54, 1.807) is 17.0 Å². The summed E-state index contributed by atoms with van der Waals surface area (Å²) < 4.78 is 6.74. The van der Waals surface area contributed by atoms with E-state index >= 15 is 0 Å². The Hall–Kier alpha value is -3.91. The molecule has 142 valence electrons. The predicted molar refractivity (Wildman–Crippen MR) is 113 cm³/mol. The molecule has 2 aromatic carbocycles. The monoisotopic (exact) mass is 381 g/mol. The lowest BCUT2D eigenvalue weighted by Gasteiger charge is -2.14. The number of para-hydroxylation sites is 1. The highest BCUT2D eigenvalue weighted by Gasteiger charge is 2.12. The number of aryl methyl sites for hydroxylation is 1. The molecule has 2 heterocycles. The number of pyridine rings is 1. The summed E-state index contributed by atoms with van der Waals surface area (Å²) in [5.74, 6) is 6.16. The molecule has 5 nitrogen and oxygen atoms in total. The summed E-state index contributed by atoms with van der Waals surface area (Å²) in [5.41, 5.74) is 3.07. The average molecular weight is 381 g/mol. The van der Waals surface area contributed by atoms with Gasteiger partial charge in [0.25, 0.3) is 5.56 Å². The Morgan fingerprint density at radius 2 is 1.76 bits per heavy atom. The summed E-state index contributed by atoms with van der Waals surface area (Å²) in [6.45, 7) is 2.05. The Labute approximate surface area is 168 Å². The van der Waals surface area contributed by atoms with E-state index in [1.807, 2.05) is 55.5 Å². The first kappa shape index (κ1) is 18.5. The number of fused-ring (bicyclic) bond motifs is 1. The van der Waals surface area contributed by atoms with Gasteiger partial charge in [0.05, 0.1) is 18.1 Å². The van der Waals surface area contributed by atoms with E-state index in [2.05, 4.69) is 27.9 Å². The van der Waals surface area contributed by atoms with Crippen LogP contribution < -0.4 is 10.3 Å². The zero-order chi connectivity index (χ0) is 20.2. The zero-order valence-electron chi connectivity index (χ0n) is 16.2. The minimum Gasteiger partial charge on any atom is -0.467 e. The van der Waals surface area contributed by atoms with Gasteiger partial charge in [0.15, 0.2) is 0 Å². The zero-order valence-corrected chi connectivity index (χ0v) is 16.2. The molecular formula is C24H19N3O2. The van der Waals surface area contributed by atoms with Crippen molar-refractivity contribution in [3.05, 3.63) is 94.2 Å². The summed E-state index contributed by atoms with van der Waals surface area (Å²) in [5, 5.41) is 1.49. The maximum absolute atomic E-state index is 13.5. The van der Waals surface area contributed by atoms with E-state index in [9.17, 15) is 4.79 Å². The Bertz CT molecular complexity index is 1280. The van der Waals surface area contributed by atoms with Gasteiger partial charge in [0, 0.05) is 29.3 Å². The highest BCUT2D eigenvalue weighted by atomic mass is 16.5. The molecule has 0 spiro atoms. The topological polar surface area (TPSA) is 57.0 Å². The minimum absolute atomic E-state index is 0.0681. The molecule has 0 bridgehead atoms. The third-order valence-electron chi connectivity index (χ3n) is 4.65. The summed E-state index contributed by atoms with van der Waals surface area (Å²) in [6, 6.07) is 17.8. The summed E-state index contributed by atoms with van der Waals surface area (Å²) in [7, 11) is 1.51. The molecule has 0 aliphatic carbocycles. The number of aromatic nitrogens is 3. The molecule has 4 rings (SSSR count). The van der Waals surface area contributed by atoms with Crippen molar-refractivity contribution in [2.75, 3.05) is 7.11 Å². The molecular weight excluding hydrogens is 362 g/mol. The minimum atomic E-state index is -0.0681. The van der Waals surface area contributed by atoms with Crippen LogP contribution in [0.5, 0.6) is 6.01 Å². The molecule has 0 saturated carbocycles. The van der Waals surface area contributed by atoms with Crippen LogP contribution in [-0.2, 0) is 6.42 Å². The van der Waals surface area contributed by atoms with Crippen molar-refractivity contribution in [1.82, 2.24) is 14.5 Å². The number of nitrogens with zero attached hydrogens (tertiary/aromatic N) is 3. The van der Waals surface area contributed by atoms with E-state index < -0.39 is 0 Å². The molecule has 0 unspecified atom stereocenters. The molecule has 0 aliphatic rings. The first-order valence-corrected chi connectivity index (χ1v) is 9.32. The van der Waals surface area contributed by atoms with Gasteiger partial charge in [-0.3, -0.25) is 9.36 Å². The van der Waals surface area contributed by atoms with Crippen LogP contribution in [0.15, 0.2) is 71.8 Å². The highest BCUT2D eigenvalue weighted by Crippen LogP contribution is 2.19. The fourth-order valence-corrected chi connectivity index (χ4v) is 3.27. The van der Waals surface area contributed by atoms with Gasteiger partial charge in [0.2, 0.25) is 0 Å². The quantitative estimate of drug-likeness (QED) is 0.507. The first-order valence-electron chi connectivity index (χ1n) is 9.32. The second kappa shape index (κ2) is 7.99. The predicted octanol–water partition coefficient (Wildman–Crippen LogP) is 3.75. The standard InChI is InChI=1S/C24H19N3O2/c1-3-20-14-19-9-7-8-18(13-12-17-15-25-24(29-2)26-16-17)22(19)23(28)27(20)21-10-5-4-6-11-21/h4-11,14-16H,3H2,1-2H3. The van der Waals surface area contributed by atoms with Crippen molar-refractivity contribution in [2.45, 2.75) is 13.3 Å². The summed E-state index contributed by atoms with van der Waals surface area (Å²) >= 11 is 0. The SMILES string of the molecule is CCc1cc2cccc(C#Cc3cnc(OC)nc3)c2c(=O)n1-c1ccccc1. The van der Waals surface area contributed by atoms with Crippen molar-refractivity contribution in [3.63, 3.8) is 0 Å². The molecule has 0 saturated heterocycles. The fraction of sp³-hybridized carbons (Fsp3) is 0.125. The van der Waals surface area contributed by atoms with Crippen molar-refractivity contribution >= 4 is 10.8 Å². The van der Waals surface area contributed by atoms with Crippen LogP contribution in [0.1, 0.15) is 23.7 Å². The second-order valence-corrected chi connectivity index (χ2v) is 6.44. The van der Waals surface area contributed by atoms with Gasteiger partial charge in [-0.05, 0) is 36.1 Å². The van der Waals surface area contributed by atoms with Crippen molar-refractivity contribution in [2.24, 2.45) is 0 Å². The first-order chi connectivity index (χ1) is 14.2. The lowest BCUT2D eigenvalue weighted by Crippen LogP contribution is -2.22. The smallest absolute Gasteiger partial charge is 0.316 e.